The monoisotopic (exact) mass is 393 g/mol. The number of carbonyl (C=O) groups is 1. The van der Waals surface area contributed by atoms with Gasteiger partial charge in [-0.25, -0.2) is 14.0 Å². The van der Waals surface area contributed by atoms with E-state index >= 15 is 0 Å². The van der Waals surface area contributed by atoms with Crippen LogP contribution in [-0.2, 0) is 16.1 Å². The number of hydrogen-bond donors (Lipinski definition) is 2. The van der Waals surface area contributed by atoms with E-state index in [0.717, 1.165) is 21.2 Å². The maximum Gasteiger partial charge on any atom is 0.415 e. The van der Waals surface area contributed by atoms with E-state index in [9.17, 15) is 24.2 Å². The van der Waals surface area contributed by atoms with Crippen molar-refractivity contribution >= 4 is 11.9 Å². The van der Waals surface area contributed by atoms with E-state index < -0.39 is 48.0 Å². The number of benzene rings is 1. The minimum atomic E-state index is -1.42. The summed E-state index contributed by atoms with van der Waals surface area (Å²) in [5.74, 6) is -1.52. The lowest BCUT2D eigenvalue weighted by Crippen LogP contribution is -2.37. The zero-order valence-electron chi connectivity index (χ0n) is 15.2. The Morgan fingerprint density at radius 1 is 1.32 bits per heavy atom. The standard InChI is InChI=1S/C18H20FN3O6/c1-10-13(23)14(24)16(28-10)22-8-12(19)15(20-17(22)25)21(2)18(26)27-9-11-6-4-3-5-7-11/h3-8,10,13-14,16,23-24H,9H2,1-2H3/t10-,13-,14-,16-/m0/s1. The number of aromatic nitrogens is 2. The normalized spacial score (nSPS) is 24.2. The SMILES string of the molecule is C[C@@H]1O[C@H](n2cc(F)c(N(C)C(=O)OCc3ccccc3)nc2=O)[C@@H](O)[C@H]1O. The highest BCUT2D eigenvalue weighted by Gasteiger charge is 2.42. The Morgan fingerprint density at radius 2 is 2.00 bits per heavy atom. The minimum absolute atomic E-state index is 0.0272. The van der Waals surface area contributed by atoms with E-state index in [4.69, 9.17) is 9.47 Å². The molecule has 10 heteroatoms. The van der Waals surface area contributed by atoms with Crippen LogP contribution < -0.4 is 10.6 Å². The molecule has 1 aliphatic heterocycles. The molecule has 9 nitrogen and oxygen atoms in total. The van der Waals surface area contributed by atoms with Crippen LogP contribution in [0.2, 0.25) is 0 Å². The molecular weight excluding hydrogens is 373 g/mol. The van der Waals surface area contributed by atoms with Crippen molar-refractivity contribution in [3.05, 3.63) is 58.4 Å². The molecule has 1 aromatic heterocycles. The highest BCUT2D eigenvalue weighted by molar-refractivity contribution is 5.85. The molecule has 0 unspecified atom stereocenters. The highest BCUT2D eigenvalue weighted by atomic mass is 19.1. The van der Waals surface area contributed by atoms with Gasteiger partial charge in [-0.1, -0.05) is 30.3 Å². The first-order valence-corrected chi connectivity index (χ1v) is 8.54. The molecular formula is C18H20FN3O6. The predicted molar refractivity (Wildman–Crippen MR) is 95.1 cm³/mol. The predicted octanol–water partition coefficient (Wildman–Crippen LogP) is 0.794. The second-order valence-electron chi connectivity index (χ2n) is 6.41. The molecule has 1 amide bonds. The van der Waals surface area contributed by atoms with Crippen molar-refractivity contribution in [2.24, 2.45) is 0 Å². The average molecular weight is 393 g/mol. The summed E-state index contributed by atoms with van der Waals surface area (Å²) in [6.45, 7) is 1.48. The molecule has 1 fully saturated rings. The van der Waals surface area contributed by atoms with Crippen molar-refractivity contribution in [1.29, 1.82) is 0 Å². The van der Waals surface area contributed by atoms with Gasteiger partial charge in [0.15, 0.2) is 17.9 Å². The van der Waals surface area contributed by atoms with Crippen LogP contribution in [0.4, 0.5) is 15.0 Å². The molecule has 0 bridgehead atoms. The molecule has 1 aromatic carbocycles. The quantitative estimate of drug-likeness (QED) is 0.789. The Hall–Kier alpha value is -2.82. The second-order valence-corrected chi connectivity index (χ2v) is 6.41. The van der Waals surface area contributed by atoms with E-state index in [1.807, 2.05) is 6.07 Å². The first kappa shape index (κ1) is 19.9. The number of amides is 1. The van der Waals surface area contributed by atoms with Gasteiger partial charge in [-0.3, -0.25) is 9.47 Å². The third-order valence-corrected chi connectivity index (χ3v) is 4.44. The molecule has 1 aliphatic rings. The van der Waals surface area contributed by atoms with Gasteiger partial charge in [-0.05, 0) is 12.5 Å². The van der Waals surface area contributed by atoms with Crippen molar-refractivity contribution in [3.8, 4) is 0 Å². The lowest BCUT2D eigenvalue weighted by atomic mass is 10.1. The smallest absolute Gasteiger partial charge is 0.415 e. The molecule has 2 N–H and O–H groups in total. The van der Waals surface area contributed by atoms with Gasteiger partial charge >= 0.3 is 11.8 Å². The first-order chi connectivity index (χ1) is 13.3. The zero-order chi connectivity index (χ0) is 20.4. The van der Waals surface area contributed by atoms with Gasteiger partial charge in [0.25, 0.3) is 0 Å². The van der Waals surface area contributed by atoms with Crippen molar-refractivity contribution in [1.82, 2.24) is 9.55 Å². The number of hydrogen-bond acceptors (Lipinski definition) is 7. The summed E-state index contributed by atoms with van der Waals surface area (Å²) in [6, 6.07) is 8.90. The van der Waals surface area contributed by atoms with E-state index in [2.05, 4.69) is 4.98 Å². The Labute approximate surface area is 159 Å². The van der Waals surface area contributed by atoms with Crippen LogP contribution in [0.5, 0.6) is 0 Å². The van der Waals surface area contributed by atoms with Gasteiger partial charge in [0.05, 0.1) is 12.3 Å². The van der Waals surface area contributed by atoms with Crippen LogP contribution in [0.25, 0.3) is 0 Å². The maximum absolute atomic E-state index is 14.5. The Morgan fingerprint density at radius 3 is 2.61 bits per heavy atom. The van der Waals surface area contributed by atoms with E-state index in [1.54, 1.807) is 24.3 Å². The number of aliphatic hydroxyl groups excluding tert-OH is 2. The Bertz CT molecular complexity index is 906. The molecule has 150 valence electrons. The fraction of sp³-hybridized carbons (Fsp3) is 0.389. The van der Waals surface area contributed by atoms with Crippen molar-refractivity contribution in [2.75, 3.05) is 11.9 Å². The topological polar surface area (TPSA) is 114 Å². The van der Waals surface area contributed by atoms with E-state index in [0.29, 0.717) is 0 Å². The van der Waals surface area contributed by atoms with Crippen LogP contribution in [0, 0.1) is 5.82 Å². The highest BCUT2D eigenvalue weighted by Crippen LogP contribution is 2.28. The van der Waals surface area contributed by atoms with Gasteiger partial charge in [0.1, 0.15) is 18.8 Å². The number of nitrogens with zero attached hydrogens (tertiary/aromatic N) is 3. The third kappa shape index (κ3) is 3.88. The largest absolute Gasteiger partial charge is 0.444 e. The van der Waals surface area contributed by atoms with E-state index in [-0.39, 0.29) is 6.61 Å². The molecule has 3 rings (SSSR count). The average Bonchev–Trinajstić information content (AvgIpc) is 2.95. The molecule has 4 atom stereocenters. The fourth-order valence-electron chi connectivity index (χ4n) is 2.81. The van der Waals surface area contributed by atoms with E-state index in [1.165, 1.54) is 14.0 Å². The van der Waals surface area contributed by atoms with Gasteiger partial charge in [0.2, 0.25) is 0 Å². The van der Waals surface area contributed by atoms with Crippen molar-refractivity contribution in [3.63, 3.8) is 0 Å². The summed E-state index contributed by atoms with van der Waals surface area (Å²) in [6.07, 6.45) is -4.81. The summed E-state index contributed by atoms with van der Waals surface area (Å²) < 4.78 is 25.6. The molecule has 2 heterocycles. The van der Waals surface area contributed by atoms with Gasteiger partial charge < -0.3 is 19.7 Å². The van der Waals surface area contributed by atoms with Crippen LogP contribution in [0.1, 0.15) is 18.7 Å². The lowest BCUT2D eigenvalue weighted by Gasteiger charge is -2.20. The van der Waals surface area contributed by atoms with Crippen molar-refractivity contribution in [2.45, 2.75) is 38.1 Å². The fourth-order valence-corrected chi connectivity index (χ4v) is 2.81. The Kier molecular flexibility index (Phi) is 5.73. The number of rotatable bonds is 4. The summed E-state index contributed by atoms with van der Waals surface area (Å²) in [7, 11) is 1.22. The lowest BCUT2D eigenvalue weighted by molar-refractivity contribution is -0.0355. The molecule has 0 aliphatic carbocycles. The Balaban J connectivity index is 1.76. The number of halogens is 1. The van der Waals surface area contributed by atoms with Crippen LogP contribution in [-0.4, -0.2) is 51.2 Å². The van der Waals surface area contributed by atoms with Crippen LogP contribution in [0.3, 0.4) is 0 Å². The number of anilines is 1. The summed E-state index contributed by atoms with van der Waals surface area (Å²) in [5.41, 5.74) is -0.211. The minimum Gasteiger partial charge on any atom is -0.444 e. The van der Waals surface area contributed by atoms with Crippen LogP contribution >= 0.6 is 0 Å². The zero-order valence-corrected chi connectivity index (χ0v) is 15.2. The molecule has 0 spiro atoms. The van der Waals surface area contributed by atoms with Crippen LogP contribution in [0.15, 0.2) is 41.3 Å². The second kappa shape index (κ2) is 8.05. The first-order valence-electron chi connectivity index (χ1n) is 8.54. The van der Waals surface area contributed by atoms with Gasteiger partial charge in [-0.2, -0.15) is 4.98 Å². The molecule has 28 heavy (non-hydrogen) atoms. The molecule has 1 saturated heterocycles. The maximum atomic E-state index is 14.5. The molecule has 0 radical (unpaired) electrons. The number of ether oxygens (including phenoxy) is 2. The molecule has 2 aromatic rings. The number of carbonyl (C=O) groups excluding carboxylic acids is 1. The summed E-state index contributed by atoms with van der Waals surface area (Å²) in [4.78, 5) is 28.8. The third-order valence-electron chi connectivity index (χ3n) is 4.44. The summed E-state index contributed by atoms with van der Waals surface area (Å²) in [5, 5.41) is 19.7. The van der Waals surface area contributed by atoms with Gasteiger partial charge in [0, 0.05) is 7.05 Å². The summed E-state index contributed by atoms with van der Waals surface area (Å²) >= 11 is 0. The van der Waals surface area contributed by atoms with Gasteiger partial charge in [-0.15, -0.1) is 0 Å². The molecule has 0 saturated carbocycles. The number of aliphatic hydroxyl groups is 2. The van der Waals surface area contributed by atoms with Crippen molar-refractivity contribution < 1.29 is 28.9 Å².